The maximum Gasteiger partial charge on any atom is 0.335 e. The predicted octanol–water partition coefficient (Wildman–Crippen LogP) is 6.84. The molecule has 0 radical (unpaired) electrons. The summed E-state index contributed by atoms with van der Waals surface area (Å²) in [7, 11) is 0. The highest BCUT2D eigenvalue weighted by molar-refractivity contribution is 6.01. The lowest BCUT2D eigenvalue weighted by Gasteiger charge is -2.39. The standard InChI is InChI=1S/C34H36FNO3/c35-16-4-17-36-21-24(22-36)19-23-10-12-25(13-11-23)32-29-15-14-28(34(37)38)20-27(29)6-2-8-30(32)31-9-1-5-26-7-3-18-39-33(26)31/h1,5,9-15,20,24H,2-4,6-8,16-19,21-22H2,(H,37,38). The fourth-order valence-electron chi connectivity index (χ4n) is 6.56. The number of aryl methyl sites for hydroxylation is 2. The van der Waals surface area contributed by atoms with E-state index in [1.165, 1.54) is 27.8 Å². The van der Waals surface area contributed by atoms with Gasteiger partial charge < -0.3 is 14.7 Å². The largest absolute Gasteiger partial charge is 0.493 e. The third-order valence-electron chi connectivity index (χ3n) is 8.46. The van der Waals surface area contributed by atoms with Gasteiger partial charge >= 0.3 is 5.97 Å². The number of para-hydroxylation sites is 1. The first-order valence-corrected chi connectivity index (χ1v) is 14.3. The summed E-state index contributed by atoms with van der Waals surface area (Å²) in [5.41, 5.74) is 9.96. The van der Waals surface area contributed by atoms with Crippen molar-refractivity contribution in [2.75, 3.05) is 32.9 Å². The fraction of sp³-hybridized carbons (Fsp3) is 0.382. The number of nitrogens with zero attached hydrogens (tertiary/aromatic N) is 1. The number of carbonyl (C=O) groups is 1. The van der Waals surface area contributed by atoms with E-state index in [1.54, 1.807) is 6.07 Å². The second-order valence-corrected chi connectivity index (χ2v) is 11.2. The van der Waals surface area contributed by atoms with Crippen LogP contribution >= 0.6 is 0 Å². The van der Waals surface area contributed by atoms with Crippen LogP contribution in [0.2, 0.25) is 0 Å². The highest BCUT2D eigenvalue weighted by Gasteiger charge is 2.27. The van der Waals surface area contributed by atoms with Gasteiger partial charge in [0.25, 0.3) is 0 Å². The van der Waals surface area contributed by atoms with Crippen LogP contribution in [-0.4, -0.2) is 48.9 Å². The molecule has 0 amide bonds. The normalized spacial score (nSPS) is 17.6. The number of hydrogen-bond donors (Lipinski definition) is 1. The van der Waals surface area contributed by atoms with Crippen LogP contribution in [0.4, 0.5) is 4.39 Å². The number of carboxylic acid groups (broad SMARTS) is 1. The first-order chi connectivity index (χ1) is 19.1. The molecule has 2 heterocycles. The first-order valence-electron chi connectivity index (χ1n) is 14.3. The molecule has 1 fully saturated rings. The molecule has 0 spiro atoms. The Balaban J connectivity index is 1.38. The quantitative estimate of drug-likeness (QED) is 0.350. The Morgan fingerprint density at radius 1 is 0.949 bits per heavy atom. The lowest BCUT2D eigenvalue weighted by Crippen LogP contribution is -2.47. The van der Waals surface area contributed by atoms with Gasteiger partial charge in [0, 0.05) is 25.2 Å². The zero-order valence-corrected chi connectivity index (χ0v) is 22.4. The van der Waals surface area contributed by atoms with E-state index in [4.69, 9.17) is 4.74 Å². The maximum atomic E-state index is 12.5. The van der Waals surface area contributed by atoms with Crippen LogP contribution in [0.5, 0.6) is 5.75 Å². The van der Waals surface area contributed by atoms with Crippen LogP contribution in [-0.2, 0) is 19.3 Å². The summed E-state index contributed by atoms with van der Waals surface area (Å²) >= 11 is 0. The monoisotopic (exact) mass is 525 g/mol. The molecule has 202 valence electrons. The second kappa shape index (κ2) is 11.4. The molecule has 3 aromatic carbocycles. The third-order valence-corrected chi connectivity index (χ3v) is 8.46. The maximum absolute atomic E-state index is 12.5. The molecule has 3 aliphatic rings. The van der Waals surface area contributed by atoms with Gasteiger partial charge in [-0.05, 0) is 102 Å². The summed E-state index contributed by atoms with van der Waals surface area (Å²) < 4.78 is 18.7. The van der Waals surface area contributed by atoms with Crippen LogP contribution in [0.1, 0.15) is 69.4 Å². The molecule has 0 bridgehead atoms. The minimum absolute atomic E-state index is 0.237. The molecule has 0 unspecified atom stereocenters. The Morgan fingerprint density at radius 2 is 1.77 bits per heavy atom. The Hall–Kier alpha value is -3.44. The van der Waals surface area contributed by atoms with Gasteiger partial charge in [0.2, 0.25) is 0 Å². The molecule has 0 aromatic heterocycles. The van der Waals surface area contributed by atoms with E-state index in [0.29, 0.717) is 17.9 Å². The number of likely N-dealkylation sites (tertiary alicyclic amines) is 1. The molecule has 4 nitrogen and oxygen atoms in total. The van der Waals surface area contributed by atoms with Gasteiger partial charge in [0.1, 0.15) is 5.75 Å². The van der Waals surface area contributed by atoms with Crippen molar-refractivity contribution in [2.24, 2.45) is 5.92 Å². The summed E-state index contributed by atoms with van der Waals surface area (Å²) in [6.07, 6.45) is 6.45. The van der Waals surface area contributed by atoms with E-state index in [1.807, 2.05) is 12.1 Å². The van der Waals surface area contributed by atoms with E-state index >= 15 is 0 Å². The van der Waals surface area contributed by atoms with Gasteiger partial charge in [-0.25, -0.2) is 4.79 Å². The van der Waals surface area contributed by atoms with Crippen molar-refractivity contribution in [3.63, 3.8) is 0 Å². The Labute approximate surface area is 230 Å². The van der Waals surface area contributed by atoms with Crippen molar-refractivity contribution in [3.05, 3.63) is 99.6 Å². The molecular formula is C34H36FNO3. The number of halogens is 1. The molecule has 5 heteroatoms. The molecule has 1 saturated heterocycles. The average Bonchev–Trinajstić information content (AvgIpc) is 3.13. The van der Waals surface area contributed by atoms with Gasteiger partial charge in [0.05, 0.1) is 18.8 Å². The molecule has 6 rings (SSSR count). The Morgan fingerprint density at radius 3 is 2.56 bits per heavy atom. The number of ether oxygens (including phenoxy) is 1. The van der Waals surface area contributed by atoms with Gasteiger partial charge in [-0.3, -0.25) is 4.39 Å². The van der Waals surface area contributed by atoms with Crippen molar-refractivity contribution < 1.29 is 19.0 Å². The summed E-state index contributed by atoms with van der Waals surface area (Å²) in [5, 5.41) is 9.64. The highest BCUT2D eigenvalue weighted by Crippen LogP contribution is 2.44. The van der Waals surface area contributed by atoms with Crippen LogP contribution in [0, 0.1) is 5.92 Å². The molecule has 1 N–H and O–H groups in total. The van der Waals surface area contributed by atoms with Crippen LogP contribution in [0.3, 0.4) is 0 Å². The van der Waals surface area contributed by atoms with Gasteiger partial charge in [-0.15, -0.1) is 0 Å². The minimum atomic E-state index is -0.887. The lowest BCUT2D eigenvalue weighted by atomic mass is 9.85. The molecular weight excluding hydrogens is 489 g/mol. The van der Waals surface area contributed by atoms with Crippen molar-refractivity contribution in [1.82, 2.24) is 4.90 Å². The van der Waals surface area contributed by atoms with E-state index in [9.17, 15) is 14.3 Å². The van der Waals surface area contributed by atoms with Gasteiger partial charge in [-0.2, -0.15) is 0 Å². The number of hydrogen-bond acceptors (Lipinski definition) is 3. The number of fused-ring (bicyclic) bond motifs is 2. The van der Waals surface area contributed by atoms with Crippen molar-refractivity contribution in [1.29, 1.82) is 0 Å². The Bertz CT molecular complexity index is 1390. The summed E-state index contributed by atoms with van der Waals surface area (Å²) in [4.78, 5) is 14.1. The van der Waals surface area contributed by atoms with Crippen LogP contribution in [0.25, 0.3) is 11.1 Å². The number of benzene rings is 3. The van der Waals surface area contributed by atoms with E-state index in [2.05, 4.69) is 47.4 Å². The minimum Gasteiger partial charge on any atom is -0.493 e. The molecule has 1 aliphatic carbocycles. The molecule has 3 aromatic rings. The molecule has 0 atom stereocenters. The second-order valence-electron chi connectivity index (χ2n) is 11.2. The van der Waals surface area contributed by atoms with Crippen LogP contribution in [0.15, 0.2) is 60.7 Å². The first kappa shape index (κ1) is 25.8. The molecule has 2 aliphatic heterocycles. The van der Waals surface area contributed by atoms with Gasteiger partial charge in [-0.1, -0.05) is 48.5 Å². The van der Waals surface area contributed by atoms with Crippen molar-refractivity contribution in [3.8, 4) is 5.75 Å². The number of allylic oxidation sites excluding steroid dienone is 1. The SMILES string of the molecule is O=C(O)c1ccc2c(c1)CCCC(c1cccc3c1OCCC3)=C2c1ccc(CC2CN(CCCF)C2)cc1. The highest BCUT2D eigenvalue weighted by atomic mass is 19.1. The zero-order valence-electron chi connectivity index (χ0n) is 22.4. The number of rotatable bonds is 8. The van der Waals surface area contributed by atoms with Crippen molar-refractivity contribution >= 4 is 17.1 Å². The predicted molar refractivity (Wildman–Crippen MR) is 153 cm³/mol. The summed E-state index contributed by atoms with van der Waals surface area (Å²) in [6, 6.07) is 21.1. The topological polar surface area (TPSA) is 49.8 Å². The smallest absolute Gasteiger partial charge is 0.335 e. The van der Waals surface area contributed by atoms with E-state index in [-0.39, 0.29) is 6.67 Å². The number of carboxylic acids is 1. The molecule has 0 saturated carbocycles. The van der Waals surface area contributed by atoms with E-state index in [0.717, 1.165) is 87.2 Å². The average molecular weight is 526 g/mol. The number of aromatic carboxylic acids is 1. The summed E-state index contributed by atoms with van der Waals surface area (Å²) in [5.74, 6) is 0.758. The fourth-order valence-corrected chi connectivity index (χ4v) is 6.56. The van der Waals surface area contributed by atoms with Crippen molar-refractivity contribution in [2.45, 2.75) is 44.9 Å². The van der Waals surface area contributed by atoms with Crippen LogP contribution < -0.4 is 4.74 Å². The van der Waals surface area contributed by atoms with Gasteiger partial charge in [0.15, 0.2) is 0 Å². The third kappa shape index (κ3) is 5.38. The zero-order chi connectivity index (χ0) is 26.8. The summed E-state index contributed by atoms with van der Waals surface area (Å²) in [6.45, 7) is 3.47. The Kier molecular flexibility index (Phi) is 7.51. The number of alkyl halides is 1. The molecule has 39 heavy (non-hydrogen) atoms. The van der Waals surface area contributed by atoms with E-state index < -0.39 is 5.97 Å². The lowest BCUT2D eigenvalue weighted by molar-refractivity contribution is 0.0696.